The first-order valence-electron chi connectivity index (χ1n) is 8.62. The van der Waals surface area contributed by atoms with E-state index in [-0.39, 0.29) is 19.1 Å². The minimum atomic E-state index is -0.878. The number of nitrogens with zero attached hydrogens (tertiary/aromatic N) is 1. The van der Waals surface area contributed by atoms with E-state index in [1.165, 1.54) is 5.56 Å². The molecule has 2 rings (SSSR count). The number of hydrogen-bond acceptors (Lipinski definition) is 5. The maximum Gasteiger partial charge on any atom is 0.119 e. The fraction of sp³-hybridized carbons (Fsp3) is 0.400. The van der Waals surface area contributed by atoms with Gasteiger partial charge < -0.3 is 14.6 Å². The summed E-state index contributed by atoms with van der Waals surface area (Å²) in [5.41, 5.74) is 2.35. The largest absolute Gasteiger partial charge is 0.494 e. The molecule has 0 heterocycles. The van der Waals surface area contributed by atoms with E-state index in [2.05, 4.69) is 24.2 Å². The first-order chi connectivity index (χ1) is 12.6. The van der Waals surface area contributed by atoms with Crippen LogP contribution in [-0.4, -0.2) is 36.8 Å². The van der Waals surface area contributed by atoms with Gasteiger partial charge in [-0.2, -0.15) is 4.91 Å². The molecule has 0 aliphatic carbocycles. The van der Waals surface area contributed by atoms with Gasteiger partial charge in [0.05, 0.1) is 6.61 Å². The summed E-state index contributed by atoms with van der Waals surface area (Å²) in [5, 5.41) is 12.1. The van der Waals surface area contributed by atoms with Crippen LogP contribution in [0.5, 0.6) is 11.5 Å². The Kier molecular flexibility index (Phi) is 8.38. The first kappa shape index (κ1) is 20.2. The molecule has 0 aliphatic heterocycles. The number of hydrogen-bond donors (Lipinski definition) is 1. The van der Waals surface area contributed by atoms with Crippen LogP contribution in [0.15, 0.2) is 53.7 Å². The van der Waals surface area contributed by atoms with E-state index in [0.29, 0.717) is 18.2 Å². The van der Waals surface area contributed by atoms with Crippen molar-refractivity contribution in [3.63, 3.8) is 0 Å². The Balaban J connectivity index is 1.92. The van der Waals surface area contributed by atoms with Gasteiger partial charge in [0.2, 0.25) is 0 Å². The summed E-state index contributed by atoms with van der Waals surface area (Å²) in [5.74, 6) is 2.32. The van der Waals surface area contributed by atoms with Gasteiger partial charge in [0, 0.05) is 11.8 Å². The summed E-state index contributed by atoms with van der Waals surface area (Å²) in [4.78, 5) is 10.1. The second kappa shape index (κ2) is 10.8. The minimum absolute atomic E-state index is 0.0474. The van der Waals surface area contributed by atoms with Crippen molar-refractivity contribution in [3.8, 4) is 11.5 Å². The fourth-order valence-electron chi connectivity index (χ4n) is 2.47. The third-order valence-corrected chi connectivity index (χ3v) is 4.30. The number of alkyl halides is 1. The summed E-state index contributed by atoms with van der Waals surface area (Å²) < 4.78 is 11.1. The van der Waals surface area contributed by atoms with Crippen molar-refractivity contribution in [1.82, 2.24) is 0 Å². The van der Waals surface area contributed by atoms with Crippen molar-refractivity contribution in [3.05, 3.63) is 64.6 Å². The smallest absolute Gasteiger partial charge is 0.119 e. The van der Waals surface area contributed by atoms with E-state index in [0.717, 1.165) is 17.7 Å². The molecule has 0 spiro atoms. The first-order valence-corrected chi connectivity index (χ1v) is 9.16. The molecule has 0 bridgehead atoms. The van der Waals surface area contributed by atoms with Crippen molar-refractivity contribution < 1.29 is 14.6 Å². The number of rotatable bonds is 11. The summed E-state index contributed by atoms with van der Waals surface area (Å²) >= 11 is 5.64. The lowest BCUT2D eigenvalue weighted by atomic mass is 9.93. The molecule has 1 N–H and O–H groups in total. The number of aliphatic hydroxyl groups excluding tert-OH is 1. The third kappa shape index (κ3) is 6.32. The highest BCUT2D eigenvalue weighted by molar-refractivity contribution is 6.17. The molecule has 5 nitrogen and oxygen atoms in total. The van der Waals surface area contributed by atoms with Gasteiger partial charge in [-0.05, 0) is 41.8 Å². The van der Waals surface area contributed by atoms with E-state index in [4.69, 9.17) is 21.1 Å². The highest BCUT2D eigenvalue weighted by atomic mass is 35.5. The minimum Gasteiger partial charge on any atom is -0.494 e. The summed E-state index contributed by atoms with van der Waals surface area (Å²) in [6, 6.07) is 15.8. The normalized spacial score (nSPS) is 13.0. The van der Waals surface area contributed by atoms with Gasteiger partial charge in [-0.15, -0.1) is 11.6 Å². The van der Waals surface area contributed by atoms with Crippen LogP contribution in [0.2, 0.25) is 0 Å². The van der Waals surface area contributed by atoms with Crippen LogP contribution in [0.3, 0.4) is 0 Å². The zero-order valence-electron chi connectivity index (χ0n) is 14.8. The number of aliphatic hydroxyl groups is 1. The average molecular weight is 378 g/mol. The molecule has 2 atom stereocenters. The number of ether oxygens (including phenoxy) is 2. The van der Waals surface area contributed by atoms with Crippen LogP contribution < -0.4 is 9.47 Å². The lowest BCUT2D eigenvalue weighted by molar-refractivity contribution is 0.114. The quantitative estimate of drug-likeness (QED) is 0.359. The van der Waals surface area contributed by atoms with Crippen LogP contribution >= 0.6 is 11.6 Å². The monoisotopic (exact) mass is 377 g/mol. The Morgan fingerprint density at radius 3 is 2.04 bits per heavy atom. The zero-order chi connectivity index (χ0) is 18.8. The fourth-order valence-corrected chi connectivity index (χ4v) is 2.58. The molecule has 0 aromatic heterocycles. The van der Waals surface area contributed by atoms with Crippen LogP contribution in [0.4, 0.5) is 0 Å². The van der Waals surface area contributed by atoms with Gasteiger partial charge in [-0.25, -0.2) is 0 Å². The lowest BCUT2D eigenvalue weighted by Gasteiger charge is -2.15. The summed E-state index contributed by atoms with van der Waals surface area (Å²) in [6.45, 7) is 2.64. The SMILES string of the molecule is CC(c1ccc(OCCCCl)cc1)c1ccc(OCC(O)CN=O)cc1. The van der Waals surface area contributed by atoms with Crippen LogP contribution in [0, 0.1) is 4.91 Å². The molecule has 2 aromatic carbocycles. The van der Waals surface area contributed by atoms with Crippen molar-refractivity contribution >= 4 is 11.6 Å². The number of halogens is 1. The Bertz CT molecular complexity index is 661. The van der Waals surface area contributed by atoms with Crippen LogP contribution in [0.1, 0.15) is 30.4 Å². The summed E-state index contributed by atoms with van der Waals surface area (Å²) in [7, 11) is 0. The number of benzene rings is 2. The van der Waals surface area contributed by atoms with Crippen molar-refractivity contribution in [1.29, 1.82) is 0 Å². The predicted octanol–water partition coefficient (Wildman–Crippen LogP) is 4.35. The second-order valence-corrected chi connectivity index (χ2v) is 6.41. The molecule has 0 aliphatic rings. The zero-order valence-corrected chi connectivity index (χ0v) is 15.6. The Morgan fingerprint density at radius 1 is 1.00 bits per heavy atom. The van der Waals surface area contributed by atoms with Gasteiger partial charge in [-0.1, -0.05) is 36.4 Å². The second-order valence-electron chi connectivity index (χ2n) is 6.03. The lowest BCUT2D eigenvalue weighted by Crippen LogP contribution is -2.20. The Hall–Kier alpha value is -2.11. The Morgan fingerprint density at radius 2 is 1.54 bits per heavy atom. The molecule has 0 radical (unpaired) electrons. The molecule has 2 unspecified atom stereocenters. The molecule has 2 aromatic rings. The van der Waals surface area contributed by atoms with Gasteiger partial charge in [-0.3, -0.25) is 0 Å². The van der Waals surface area contributed by atoms with E-state index in [1.54, 1.807) is 0 Å². The topological polar surface area (TPSA) is 68.1 Å². The van der Waals surface area contributed by atoms with Gasteiger partial charge in [0.1, 0.15) is 30.8 Å². The molecular formula is C20H24ClNO4. The molecular weight excluding hydrogens is 354 g/mol. The highest BCUT2D eigenvalue weighted by Gasteiger charge is 2.10. The number of nitroso groups, excluding NO2 is 1. The maximum atomic E-state index is 10.1. The standard InChI is InChI=1S/C20H24ClNO4/c1-15(16-3-7-19(8-4-16)25-12-2-11-21)17-5-9-20(10-6-17)26-14-18(23)13-22-24/h3-10,15,18,23H,2,11-14H2,1H3. The van der Waals surface area contributed by atoms with E-state index < -0.39 is 6.10 Å². The molecule has 0 amide bonds. The molecule has 0 saturated carbocycles. The van der Waals surface area contributed by atoms with Crippen LogP contribution in [0.25, 0.3) is 0 Å². The maximum absolute atomic E-state index is 10.1. The van der Waals surface area contributed by atoms with E-state index in [1.807, 2.05) is 36.4 Å². The predicted molar refractivity (Wildman–Crippen MR) is 103 cm³/mol. The van der Waals surface area contributed by atoms with E-state index >= 15 is 0 Å². The van der Waals surface area contributed by atoms with Gasteiger partial charge in [0.25, 0.3) is 0 Å². The summed E-state index contributed by atoms with van der Waals surface area (Å²) in [6.07, 6.45) is -0.0483. The molecule has 6 heteroatoms. The van der Waals surface area contributed by atoms with Crippen molar-refractivity contribution in [2.75, 3.05) is 25.6 Å². The molecule has 0 fully saturated rings. The molecule has 0 saturated heterocycles. The van der Waals surface area contributed by atoms with E-state index in [9.17, 15) is 10.0 Å². The van der Waals surface area contributed by atoms with Crippen molar-refractivity contribution in [2.24, 2.45) is 5.18 Å². The van der Waals surface area contributed by atoms with Gasteiger partial charge in [0.15, 0.2) is 0 Å². The van der Waals surface area contributed by atoms with Gasteiger partial charge >= 0.3 is 0 Å². The molecule has 26 heavy (non-hydrogen) atoms. The third-order valence-electron chi connectivity index (χ3n) is 4.03. The van der Waals surface area contributed by atoms with Crippen LogP contribution in [-0.2, 0) is 0 Å². The van der Waals surface area contributed by atoms with Crippen molar-refractivity contribution in [2.45, 2.75) is 25.4 Å². The Labute approximate surface area is 158 Å². The molecule has 140 valence electrons. The highest BCUT2D eigenvalue weighted by Crippen LogP contribution is 2.27. The average Bonchev–Trinajstić information content (AvgIpc) is 2.67.